The molecule has 1 fully saturated rings. The van der Waals surface area contributed by atoms with E-state index in [1.54, 1.807) is 11.0 Å². The predicted octanol–water partition coefficient (Wildman–Crippen LogP) is 2.94. The molecule has 1 saturated heterocycles. The maximum Gasteiger partial charge on any atom is 0.257 e. The summed E-state index contributed by atoms with van der Waals surface area (Å²) in [6.07, 6.45) is 2.00. The second kappa shape index (κ2) is 11.8. The van der Waals surface area contributed by atoms with E-state index >= 15 is 0 Å². The molecule has 0 aromatic heterocycles. The summed E-state index contributed by atoms with van der Waals surface area (Å²) < 4.78 is 12.4. The van der Waals surface area contributed by atoms with Gasteiger partial charge in [-0.3, -0.25) is 9.69 Å². The maximum atomic E-state index is 13.5. The molecule has 2 unspecified atom stereocenters. The summed E-state index contributed by atoms with van der Waals surface area (Å²) >= 11 is 0. The molecule has 0 radical (unpaired) electrons. The van der Waals surface area contributed by atoms with Crippen LogP contribution in [0.25, 0.3) is 0 Å². The molecule has 8 nitrogen and oxygen atoms in total. The summed E-state index contributed by atoms with van der Waals surface area (Å²) in [5, 5.41) is 21.0. The Kier molecular flexibility index (Phi) is 8.47. The number of nitrogens with zero attached hydrogens (tertiary/aromatic N) is 3. The minimum absolute atomic E-state index is 0.0911. The monoisotopic (exact) mass is 537 g/mol. The van der Waals surface area contributed by atoms with Crippen LogP contribution in [0.3, 0.4) is 0 Å². The van der Waals surface area contributed by atoms with Gasteiger partial charge < -0.3 is 29.5 Å². The number of hydrogen-bond donors (Lipinski definition) is 2. The van der Waals surface area contributed by atoms with Gasteiger partial charge in [0.15, 0.2) is 0 Å². The Morgan fingerprint density at radius 1 is 1.05 bits per heavy atom. The van der Waals surface area contributed by atoms with Crippen LogP contribution in [0.15, 0.2) is 42.5 Å². The molecule has 0 bridgehead atoms. The van der Waals surface area contributed by atoms with Crippen LogP contribution < -0.4 is 9.47 Å². The van der Waals surface area contributed by atoms with Gasteiger partial charge in [-0.15, -0.1) is 0 Å². The number of fused-ring (bicyclic) bond motifs is 2. The smallest absolute Gasteiger partial charge is 0.257 e. The highest BCUT2D eigenvalue weighted by molar-refractivity contribution is 5.97. The third-order valence-electron chi connectivity index (χ3n) is 7.83. The van der Waals surface area contributed by atoms with Crippen LogP contribution in [-0.4, -0.2) is 101 Å². The van der Waals surface area contributed by atoms with Crippen molar-refractivity contribution < 1.29 is 24.5 Å². The zero-order valence-electron chi connectivity index (χ0n) is 23.5. The van der Waals surface area contributed by atoms with Crippen LogP contribution in [0, 0.1) is 0 Å². The fraction of sp³-hybridized carbons (Fsp3) is 0.581. The third-order valence-corrected chi connectivity index (χ3v) is 7.83. The van der Waals surface area contributed by atoms with Gasteiger partial charge in [0.1, 0.15) is 23.7 Å². The van der Waals surface area contributed by atoms with Gasteiger partial charge in [0.2, 0.25) is 0 Å². The Balaban J connectivity index is 1.17. The first kappa shape index (κ1) is 27.9. The normalized spacial score (nSPS) is 22.0. The molecular weight excluding hydrogens is 494 g/mol. The largest absolute Gasteiger partial charge is 0.490 e. The summed E-state index contributed by atoms with van der Waals surface area (Å²) in [6, 6.07) is 13.9. The molecule has 1 amide bonds. The molecule has 2 aromatic rings. The number of benzene rings is 2. The van der Waals surface area contributed by atoms with E-state index in [0.29, 0.717) is 36.7 Å². The average Bonchev–Trinajstić information content (AvgIpc) is 2.99. The van der Waals surface area contributed by atoms with E-state index in [1.807, 2.05) is 32.9 Å². The number of aliphatic hydroxyl groups excluding tert-OH is 1. The summed E-state index contributed by atoms with van der Waals surface area (Å²) in [7, 11) is 0. The van der Waals surface area contributed by atoms with Gasteiger partial charge in [-0.25, -0.2) is 0 Å². The molecule has 212 valence electrons. The number of likely N-dealkylation sites (tertiary alicyclic amines) is 1. The number of ether oxygens (including phenoxy) is 2. The van der Waals surface area contributed by atoms with Crippen molar-refractivity contribution in [1.82, 2.24) is 14.7 Å². The lowest BCUT2D eigenvalue weighted by molar-refractivity contribution is 0.0140. The highest BCUT2D eigenvalue weighted by atomic mass is 16.5. The van der Waals surface area contributed by atoms with Crippen molar-refractivity contribution in [2.45, 2.75) is 70.5 Å². The SMILES string of the molecule is CC1CN(CC(O)CN2CCc3ccccc3C2)C(=O)c2ccc(OC3CCN(CC(C)(C)O)CC3)cc2O1. The van der Waals surface area contributed by atoms with Gasteiger partial charge in [0.05, 0.1) is 23.8 Å². The molecule has 2 N–H and O–H groups in total. The minimum Gasteiger partial charge on any atom is -0.490 e. The number of β-amino-alcohol motifs (C(OH)–C–C–N with tert-alkyl or cyclic N) is 2. The third kappa shape index (κ3) is 7.31. The van der Waals surface area contributed by atoms with E-state index in [2.05, 4.69) is 34.1 Å². The first-order chi connectivity index (χ1) is 18.6. The van der Waals surface area contributed by atoms with Crippen molar-refractivity contribution in [3.05, 3.63) is 59.2 Å². The fourth-order valence-corrected chi connectivity index (χ4v) is 6.07. The topological polar surface area (TPSA) is 85.7 Å². The summed E-state index contributed by atoms with van der Waals surface area (Å²) in [5.74, 6) is 1.12. The number of amides is 1. The lowest BCUT2D eigenvalue weighted by atomic mass is 10.00. The standard InChI is InChI=1S/C31H43N3O5/c1-22-17-34(20-25(35)19-33-13-10-23-6-4-5-7-24(23)18-33)30(36)28-9-8-27(16-29(28)38-22)39-26-11-14-32(15-12-26)21-31(2,3)37/h4-9,16,22,25-26,35,37H,10-15,17-21H2,1-3H3. The van der Waals surface area contributed by atoms with Crippen LogP contribution in [0.1, 0.15) is 55.1 Å². The quantitative estimate of drug-likeness (QED) is 0.536. The van der Waals surface area contributed by atoms with Crippen molar-refractivity contribution in [2.24, 2.45) is 0 Å². The van der Waals surface area contributed by atoms with Gasteiger partial charge in [-0.2, -0.15) is 0 Å². The van der Waals surface area contributed by atoms with Gasteiger partial charge in [-0.05, 0) is 63.3 Å². The number of hydrogen-bond acceptors (Lipinski definition) is 7. The van der Waals surface area contributed by atoms with E-state index in [-0.39, 0.29) is 24.7 Å². The van der Waals surface area contributed by atoms with Gasteiger partial charge in [0, 0.05) is 51.9 Å². The van der Waals surface area contributed by atoms with Crippen LogP contribution in [0.5, 0.6) is 11.5 Å². The second-order valence-electron chi connectivity index (χ2n) is 12.1. The van der Waals surface area contributed by atoms with Crippen molar-refractivity contribution in [3.63, 3.8) is 0 Å². The second-order valence-corrected chi connectivity index (χ2v) is 12.1. The Morgan fingerprint density at radius 2 is 1.79 bits per heavy atom. The Morgan fingerprint density at radius 3 is 2.54 bits per heavy atom. The molecule has 2 atom stereocenters. The predicted molar refractivity (Wildman–Crippen MR) is 150 cm³/mol. The molecule has 0 aliphatic carbocycles. The highest BCUT2D eigenvalue weighted by Gasteiger charge is 2.30. The molecule has 0 saturated carbocycles. The Bertz CT molecular complexity index is 1140. The molecular formula is C31H43N3O5. The minimum atomic E-state index is -0.699. The Labute approximate surface area is 232 Å². The van der Waals surface area contributed by atoms with Crippen LogP contribution >= 0.6 is 0 Å². The van der Waals surface area contributed by atoms with E-state index in [1.165, 1.54) is 11.1 Å². The number of carbonyl (C=O) groups excluding carboxylic acids is 1. The molecule has 3 aliphatic heterocycles. The Hall–Kier alpha value is -2.65. The van der Waals surface area contributed by atoms with Crippen molar-refractivity contribution in [1.29, 1.82) is 0 Å². The molecule has 8 heteroatoms. The number of rotatable bonds is 8. The van der Waals surface area contributed by atoms with E-state index in [9.17, 15) is 15.0 Å². The molecule has 5 rings (SSSR count). The van der Waals surface area contributed by atoms with Crippen molar-refractivity contribution in [3.8, 4) is 11.5 Å². The summed E-state index contributed by atoms with van der Waals surface area (Å²) in [4.78, 5) is 19.7. The number of piperidine rings is 1. The molecule has 0 spiro atoms. The zero-order valence-corrected chi connectivity index (χ0v) is 23.5. The van der Waals surface area contributed by atoms with Crippen molar-refractivity contribution in [2.75, 3.05) is 45.8 Å². The number of aliphatic hydroxyl groups is 2. The van der Waals surface area contributed by atoms with Gasteiger partial charge in [-0.1, -0.05) is 24.3 Å². The highest BCUT2D eigenvalue weighted by Crippen LogP contribution is 2.31. The van der Waals surface area contributed by atoms with Crippen LogP contribution in [0.2, 0.25) is 0 Å². The number of carbonyl (C=O) groups is 1. The van der Waals surface area contributed by atoms with Crippen LogP contribution in [0.4, 0.5) is 0 Å². The maximum absolute atomic E-state index is 13.5. The average molecular weight is 538 g/mol. The zero-order chi connectivity index (χ0) is 27.6. The van der Waals surface area contributed by atoms with Gasteiger partial charge in [0.25, 0.3) is 5.91 Å². The van der Waals surface area contributed by atoms with Gasteiger partial charge >= 0.3 is 0 Å². The summed E-state index contributed by atoms with van der Waals surface area (Å²) in [6.45, 7) is 11.0. The first-order valence-electron chi connectivity index (χ1n) is 14.3. The van der Waals surface area contributed by atoms with E-state index < -0.39 is 11.7 Å². The summed E-state index contributed by atoms with van der Waals surface area (Å²) in [5.41, 5.74) is 2.50. The molecule has 39 heavy (non-hydrogen) atoms. The lowest BCUT2D eigenvalue weighted by Crippen LogP contribution is -2.45. The first-order valence-corrected chi connectivity index (χ1v) is 14.3. The van der Waals surface area contributed by atoms with Crippen LogP contribution in [-0.2, 0) is 13.0 Å². The fourth-order valence-electron chi connectivity index (χ4n) is 6.07. The molecule has 2 aromatic carbocycles. The van der Waals surface area contributed by atoms with E-state index in [0.717, 1.165) is 45.4 Å². The lowest BCUT2D eigenvalue weighted by Gasteiger charge is -2.35. The van der Waals surface area contributed by atoms with E-state index in [4.69, 9.17) is 9.47 Å². The molecule has 3 aliphatic rings. The molecule has 3 heterocycles. The van der Waals surface area contributed by atoms with Crippen molar-refractivity contribution >= 4 is 5.91 Å².